The predicted molar refractivity (Wildman–Crippen MR) is 106 cm³/mol. The molecular weight excluding hydrogens is 371 g/mol. The van der Waals surface area contributed by atoms with Crippen molar-refractivity contribution in [3.8, 4) is 17.0 Å². The zero-order chi connectivity index (χ0) is 19.8. The highest BCUT2D eigenvalue weighted by molar-refractivity contribution is 5.63. The van der Waals surface area contributed by atoms with Crippen molar-refractivity contribution in [2.45, 2.75) is 31.2 Å². The number of alkyl halides is 1. The highest BCUT2D eigenvalue weighted by atomic mass is 19.1. The minimum absolute atomic E-state index is 0.0522. The number of nitrogens with zero attached hydrogens (tertiary/aromatic N) is 4. The molecule has 1 aliphatic heterocycles. The van der Waals surface area contributed by atoms with Gasteiger partial charge in [0.25, 0.3) is 0 Å². The predicted octanol–water partition coefficient (Wildman–Crippen LogP) is 3.27. The van der Waals surface area contributed by atoms with Crippen LogP contribution < -0.4 is 4.74 Å². The van der Waals surface area contributed by atoms with Gasteiger partial charge in [-0.05, 0) is 37.1 Å². The largest absolute Gasteiger partial charge is 0.497 e. The quantitative estimate of drug-likeness (QED) is 0.641. The molecule has 3 heterocycles. The van der Waals surface area contributed by atoms with Gasteiger partial charge in [0.1, 0.15) is 11.6 Å². The molecule has 0 radical (unpaired) electrons. The number of hydrogen-bond acceptors (Lipinski definition) is 5. The molecule has 152 valence electrons. The third-order valence-electron chi connectivity index (χ3n) is 6.02. The van der Waals surface area contributed by atoms with Gasteiger partial charge in [-0.1, -0.05) is 0 Å². The summed E-state index contributed by atoms with van der Waals surface area (Å²) in [5, 5.41) is 14.8. The Morgan fingerprint density at radius 2 is 2.00 bits per heavy atom. The second kappa shape index (κ2) is 7.59. The number of aromatic amines is 2. The maximum absolute atomic E-state index is 13.8. The SMILES string of the molecule is COc1ccc(-c2[nH]ncc2CN2C[C@@H](CF)[C@H](c3nc(C4CC4)n[nH]3)C2)cc1. The molecule has 0 amide bonds. The second-order valence-corrected chi connectivity index (χ2v) is 8.07. The molecule has 7 nitrogen and oxygen atoms in total. The minimum atomic E-state index is -0.350. The van der Waals surface area contributed by atoms with Crippen molar-refractivity contribution in [2.75, 3.05) is 26.9 Å². The Bertz CT molecular complexity index is 964. The first-order valence-electron chi connectivity index (χ1n) is 10.1. The molecule has 2 aromatic heterocycles. The Balaban J connectivity index is 1.31. The van der Waals surface area contributed by atoms with Gasteiger partial charge in [-0.25, -0.2) is 4.98 Å². The molecule has 2 fully saturated rings. The molecule has 2 aliphatic rings. The van der Waals surface area contributed by atoms with E-state index >= 15 is 0 Å². The Hall–Kier alpha value is -2.74. The van der Waals surface area contributed by atoms with Crippen LogP contribution in [0.5, 0.6) is 5.75 Å². The lowest BCUT2D eigenvalue weighted by Gasteiger charge is -2.15. The Labute approximate surface area is 168 Å². The van der Waals surface area contributed by atoms with E-state index < -0.39 is 0 Å². The fourth-order valence-corrected chi connectivity index (χ4v) is 4.21. The van der Waals surface area contributed by atoms with E-state index in [-0.39, 0.29) is 18.5 Å². The molecule has 3 aromatic rings. The van der Waals surface area contributed by atoms with E-state index in [1.54, 1.807) is 7.11 Å². The number of hydrogen-bond donors (Lipinski definition) is 2. The number of halogens is 1. The van der Waals surface area contributed by atoms with Crippen LogP contribution >= 0.6 is 0 Å². The average molecular weight is 396 g/mol. The molecule has 0 spiro atoms. The maximum Gasteiger partial charge on any atom is 0.153 e. The van der Waals surface area contributed by atoms with Crippen molar-refractivity contribution in [3.63, 3.8) is 0 Å². The number of likely N-dealkylation sites (tertiary alicyclic amines) is 1. The van der Waals surface area contributed by atoms with Crippen molar-refractivity contribution < 1.29 is 9.13 Å². The molecule has 0 unspecified atom stereocenters. The molecule has 2 N–H and O–H groups in total. The summed E-state index contributed by atoms with van der Waals surface area (Å²) in [6.45, 7) is 1.83. The molecular formula is C21H25FN6O. The number of aromatic nitrogens is 5. The van der Waals surface area contributed by atoms with Gasteiger partial charge < -0.3 is 4.74 Å². The topological polar surface area (TPSA) is 82.7 Å². The van der Waals surface area contributed by atoms with Crippen LogP contribution in [0, 0.1) is 5.92 Å². The zero-order valence-corrected chi connectivity index (χ0v) is 16.4. The van der Waals surface area contributed by atoms with Gasteiger partial charge in [0.15, 0.2) is 5.82 Å². The third-order valence-corrected chi connectivity index (χ3v) is 6.02. The molecule has 0 bridgehead atoms. The smallest absolute Gasteiger partial charge is 0.153 e. The van der Waals surface area contributed by atoms with Gasteiger partial charge in [-0.2, -0.15) is 10.2 Å². The Morgan fingerprint density at radius 1 is 1.17 bits per heavy atom. The molecule has 2 atom stereocenters. The Morgan fingerprint density at radius 3 is 2.72 bits per heavy atom. The van der Waals surface area contributed by atoms with E-state index in [0.29, 0.717) is 19.0 Å². The number of methoxy groups -OCH3 is 1. The van der Waals surface area contributed by atoms with Gasteiger partial charge in [0.05, 0.1) is 25.7 Å². The van der Waals surface area contributed by atoms with E-state index in [0.717, 1.165) is 53.6 Å². The summed E-state index contributed by atoms with van der Waals surface area (Å²) in [7, 11) is 1.66. The maximum atomic E-state index is 13.8. The molecule has 1 aliphatic carbocycles. The van der Waals surface area contributed by atoms with Gasteiger partial charge in [-0.3, -0.25) is 19.5 Å². The lowest BCUT2D eigenvalue weighted by atomic mass is 9.97. The van der Waals surface area contributed by atoms with Crippen LogP contribution in [0.2, 0.25) is 0 Å². The van der Waals surface area contributed by atoms with E-state index in [9.17, 15) is 4.39 Å². The van der Waals surface area contributed by atoms with Crippen LogP contribution in [0.25, 0.3) is 11.3 Å². The summed E-state index contributed by atoms with van der Waals surface area (Å²) >= 11 is 0. The highest BCUT2D eigenvalue weighted by Crippen LogP contribution is 2.39. The molecule has 29 heavy (non-hydrogen) atoms. The van der Waals surface area contributed by atoms with E-state index in [1.165, 1.54) is 0 Å². The first-order chi connectivity index (χ1) is 14.2. The minimum Gasteiger partial charge on any atom is -0.497 e. The van der Waals surface area contributed by atoms with Crippen LogP contribution in [0.1, 0.15) is 41.9 Å². The van der Waals surface area contributed by atoms with Gasteiger partial charge in [-0.15, -0.1) is 0 Å². The zero-order valence-electron chi connectivity index (χ0n) is 16.4. The standard InChI is InChI=1S/C21H25FN6O/c1-29-17-6-4-13(5-7-17)19-16(9-23-25-19)11-28-10-15(8-22)18(12-28)21-24-20(26-27-21)14-2-3-14/h4-7,9,14-15,18H,2-3,8,10-12H2,1H3,(H,23,25)(H,24,26,27)/t15-,18-/m1/s1. The van der Waals surface area contributed by atoms with Crippen LogP contribution in [0.3, 0.4) is 0 Å². The summed E-state index contributed by atoms with van der Waals surface area (Å²) in [6.07, 6.45) is 4.18. The van der Waals surface area contributed by atoms with E-state index in [4.69, 9.17) is 4.74 Å². The van der Waals surface area contributed by atoms with Crippen molar-refractivity contribution in [1.82, 2.24) is 30.3 Å². The monoisotopic (exact) mass is 396 g/mol. The average Bonchev–Trinajstić information content (AvgIpc) is 3.16. The summed E-state index contributed by atoms with van der Waals surface area (Å²) in [5.74, 6) is 3.04. The van der Waals surface area contributed by atoms with Gasteiger partial charge >= 0.3 is 0 Å². The van der Waals surface area contributed by atoms with Gasteiger partial charge in [0.2, 0.25) is 0 Å². The first-order valence-corrected chi connectivity index (χ1v) is 10.1. The number of benzene rings is 1. The molecule has 1 saturated heterocycles. The normalized spacial score (nSPS) is 22.3. The molecule has 1 saturated carbocycles. The lowest BCUT2D eigenvalue weighted by Crippen LogP contribution is -2.20. The van der Waals surface area contributed by atoms with Crippen LogP contribution in [-0.4, -0.2) is 57.2 Å². The van der Waals surface area contributed by atoms with Crippen LogP contribution in [-0.2, 0) is 6.54 Å². The fraction of sp³-hybridized carbons (Fsp3) is 0.476. The highest BCUT2D eigenvalue weighted by Gasteiger charge is 2.37. The molecule has 8 heteroatoms. The van der Waals surface area contributed by atoms with Gasteiger partial charge in [0, 0.05) is 48.5 Å². The summed E-state index contributed by atoms with van der Waals surface area (Å²) in [4.78, 5) is 6.96. The third kappa shape index (κ3) is 3.64. The van der Waals surface area contributed by atoms with Crippen LogP contribution in [0.4, 0.5) is 4.39 Å². The summed E-state index contributed by atoms with van der Waals surface area (Å²) in [6, 6.07) is 7.90. The number of ether oxygens (including phenoxy) is 1. The fourth-order valence-electron chi connectivity index (χ4n) is 4.21. The molecule has 1 aromatic carbocycles. The van der Waals surface area contributed by atoms with E-state index in [2.05, 4.69) is 30.3 Å². The number of nitrogens with one attached hydrogen (secondary N) is 2. The summed E-state index contributed by atoms with van der Waals surface area (Å²) < 4.78 is 19.0. The number of H-pyrrole nitrogens is 2. The summed E-state index contributed by atoms with van der Waals surface area (Å²) in [5.41, 5.74) is 3.15. The van der Waals surface area contributed by atoms with Crippen LogP contribution in [0.15, 0.2) is 30.5 Å². The van der Waals surface area contributed by atoms with E-state index in [1.807, 2.05) is 30.5 Å². The molecule has 5 rings (SSSR count). The lowest BCUT2D eigenvalue weighted by molar-refractivity contribution is 0.296. The van der Waals surface area contributed by atoms with Crippen molar-refractivity contribution in [3.05, 3.63) is 47.7 Å². The van der Waals surface area contributed by atoms with Crippen molar-refractivity contribution in [2.24, 2.45) is 5.92 Å². The Kier molecular flexibility index (Phi) is 4.79. The number of rotatable bonds is 7. The van der Waals surface area contributed by atoms with Crippen molar-refractivity contribution in [1.29, 1.82) is 0 Å². The van der Waals surface area contributed by atoms with Crippen molar-refractivity contribution >= 4 is 0 Å². The second-order valence-electron chi connectivity index (χ2n) is 8.07. The first kappa shape index (κ1) is 18.3.